The summed E-state index contributed by atoms with van der Waals surface area (Å²) in [5, 5.41) is 6.10. The van der Waals surface area contributed by atoms with Gasteiger partial charge in [0.1, 0.15) is 0 Å². The van der Waals surface area contributed by atoms with Crippen molar-refractivity contribution >= 4 is 40.2 Å². The van der Waals surface area contributed by atoms with Crippen molar-refractivity contribution in [2.75, 3.05) is 10.7 Å². The lowest BCUT2D eigenvalue weighted by molar-refractivity contribution is -0.762. The zero-order valence-corrected chi connectivity index (χ0v) is 19.9. The first-order chi connectivity index (χ1) is 16.4. The van der Waals surface area contributed by atoms with Crippen molar-refractivity contribution in [1.82, 2.24) is 14.6 Å². The first kappa shape index (κ1) is 22.1. The van der Waals surface area contributed by atoms with Crippen molar-refractivity contribution in [3.8, 4) is 11.3 Å². The first-order valence-corrected chi connectivity index (χ1v) is 12.1. The van der Waals surface area contributed by atoms with Crippen molar-refractivity contribution in [2.45, 2.75) is 38.5 Å². The van der Waals surface area contributed by atoms with Gasteiger partial charge in [0.2, 0.25) is 17.0 Å². The Balaban J connectivity index is 1.87. The summed E-state index contributed by atoms with van der Waals surface area (Å²) < 4.78 is 3.20. The van der Waals surface area contributed by atoms with Crippen LogP contribution in [0.15, 0.2) is 64.7 Å². The van der Waals surface area contributed by atoms with Gasteiger partial charge < -0.3 is 0 Å². The number of para-hydroxylation sites is 2. The molecule has 1 aliphatic heterocycles. The monoisotopic (exact) mass is 474 g/mol. The molecule has 0 fully saturated rings. The first-order valence-electron chi connectivity index (χ1n) is 11.1. The van der Waals surface area contributed by atoms with Crippen LogP contribution >= 0.6 is 11.8 Å². The van der Waals surface area contributed by atoms with Gasteiger partial charge in [-0.3, -0.25) is 23.9 Å². The van der Waals surface area contributed by atoms with E-state index in [1.807, 2.05) is 48.5 Å². The van der Waals surface area contributed by atoms with Crippen LogP contribution in [0.2, 0.25) is 0 Å². The molecular weight excluding hydrogens is 450 g/mol. The van der Waals surface area contributed by atoms with Crippen molar-refractivity contribution < 1.29 is 14.3 Å². The van der Waals surface area contributed by atoms with Crippen LogP contribution < -0.4 is 15.1 Å². The predicted molar refractivity (Wildman–Crippen MR) is 131 cm³/mol. The maximum atomic E-state index is 13.3. The predicted octanol–water partition coefficient (Wildman–Crippen LogP) is 3.75. The molecule has 0 saturated heterocycles. The summed E-state index contributed by atoms with van der Waals surface area (Å²) in [5.74, 6) is 0.459. The summed E-state index contributed by atoms with van der Waals surface area (Å²) in [5.41, 5.74) is 2.81. The molecule has 1 aliphatic rings. The van der Waals surface area contributed by atoms with Crippen molar-refractivity contribution in [1.29, 1.82) is 0 Å². The number of nitrogens with one attached hydrogen (secondary N) is 1. The van der Waals surface area contributed by atoms with Gasteiger partial charge in [-0.25, -0.2) is 4.90 Å². The van der Waals surface area contributed by atoms with Crippen LogP contribution in [0, 0.1) is 0 Å². The molecule has 4 aromatic rings. The summed E-state index contributed by atoms with van der Waals surface area (Å²) in [6, 6.07) is 14.9. The van der Waals surface area contributed by atoms with Gasteiger partial charge in [0.15, 0.2) is 0 Å². The van der Waals surface area contributed by atoms with Crippen LogP contribution in [0.1, 0.15) is 43.7 Å². The van der Waals surface area contributed by atoms with E-state index in [0.29, 0.717) is 27.7 Å². The van der Waals surface area contributed by atoms with E-state index < -0.39 is 6.17 Å². The largest absolute Gasteiger partial charge is 0.325 e. The third kappa shape index (κ3) is 3.43. The number of carbonyl (C=O) groups excluding carboxylic acids is 2. The number of aromatic nitrogens is 4. The molecule has 0 spiro atoms. The number of thioether (sulfide) groups is 1. The zero-order valence-electron chi connectivity index (χ0n) is 19.1. The van der Waals surface area contributed by atoms with Crippen molar-refractivity contribution in [3.05, 3.63) is 70.6 Å². The highest BCUT2D eigenvalue weighted by Crippen LogP contribution is 2.39. The molecule has 2 aromatic carbocycles. The summed E-state index contributed by atoms with van der Waals surface area (Å²) in [4.78, 5) is 43.4. The highest BCUT2D eigenvalue weighted by atomic mass is 32.2. The molecule has 2 aromatic heterocycles. The lowest BCUT2D eigenvalue weighted by Crippen LogP contribution is -2.60. The Hall–Kier alpha value is -3.72. The van der Waals surface area contributed by atoms with Crippen LogP contribution in [0.4, 0.5) is 5.69 Å². The van der Waals surface area contributed by atoms with Gasteiger partial charge in [0.05, 0.1) is 22.3 Å². The number of aromatic amines is 1. The number of benzene rings is 2. The maximum Gasteiger partial charge on any atom is 0.325 e. The van der Waals surface area contributed by atoms with Crippen molar-refractivity contribution in [3.63, 3.8) is 0 Å². The third-order valence-electron chi connectivity index (χ3n) is 5.90. The Kier molecular flexibility index (Phi) is 5.57. The highest BCUT2D eigenvalue weighted by molar-refractivity contribution is 7.99. The fourth-order valence-electron chi connectivity index (χ4n) is 4.53. The molecule has 0 unspecified atom stereocenters. The van der Waals surface area contributed by atoms with Crippen LogP contribution in [0.5, 0.6) is 0 Å². The number of hydrogen-bond acceptors (Lipinski definition) is 5. The Labute approximate surface area is 200 Å². The lowest BCUT2D eigenvalue weighted by atomic mass is 10.0. The minimum absolute atomic E-state index is 0.142. The van der Waals surface area contributed by atoms with E-state index in [4.69, 9.17) is 5.10 Å². The van der Waals surface area contributed by atoms with Gasteiger partial charge in [-0.15, -0.1) is 0 Å². The average molecular weight is 475 g/mol. The molecule has 0 bridgehead atoms. The second kappa shape index (κ2) is 8.57. The summed E-state index contributed by atoms with van der Waals surface area (Å²) in [6.07, 6.45) is 1.94. The molecule has 1 amide bonds. The molecular formula is C25H24N5O3S+. The number of carbonyl (C=O) groups is 2. The fourth-order valence-corrected chi connectivity index (χ4v) is 5.24. The number of hydrogen-bond donors (Lipinski definition) is 1. The molecule has 5 rings (SSSR count). The van der Waals surface area contributed by atoms with Gasteiger partial charge in [0, 0.05) is 36.3 Å². The summed E-state index contributed by atoms with van der Waals surface area (Å²) in [6.45, 7) is 5.06. The molecule has 8 nitrogen and oxygen atoms in total. The lowest BCUT2D eigenvalue weighted by Gasteiger charge is -2.31. The van der Waals surface area contributed by atoms with Crippen LogP contribution in [0.25, 0.3) is 22.2 Å². The van der Waals surface area contributed by atoms with Gasteiger partial charge in [-0.2, -0.15) is 0 Å². The summed E-state index contributed by atoms with van der Waals surface area (Å²) >= 11 is 1.46. The molecule has 0 aliphatic carbocycles. The topological polar surface area (TPSA) is 91.9 Å². The molecule has 0 saturated carbocycles. The Morgan fingerprint density at radius 2 is 1.82 bits per heavy atom. The Morgan fingerprint density at radius 3 is 2.56 bits per heavy atom. The molecule has 9 heteroatoms. The van der Waals surface area contributed by atoms with Gasteiger partial charge in [-0.1, -0.05) is 49.0 Å². The average Bonchev–Trinajstić information content (AvgIpc) is 3.21. The van der Waals surface area contributed by atoms with Gasteiger partial charge >= 0.3 is 11.3 Å². The van der Waals surface area contributed by atoms with Crippen molar-refractivity contribution in [2.24, 2.45) is 0 Å². The maximum absolute atomic E-state index is 13.3. The molecule has 172 valence electrons. The number of rotatable bonds is 4. The molecule has 0 radical (unpaired) electrons. The van der Waals surface area contributed by atoms with E-state index in [-0.39, 0.29) is 17.4 Å². The normalized spacial score (nSPS) is 14.7. The van der Waals surface area contributed by atoms with Crippen LogP contribution in [0.3, 0.4) is 0 Å². The summed E-state index contributed by atoms with van der Waals surface area (Å²) in [7, 11) is 0. The molecule has 34 heavy (non-hydrogen) atoms. The second-order valence-corrected chi connectivity index (χ2v) is 9.25. The van der Waals surface area contributed by atoms with Crippen LogP contribution in [-0.2, 0) is 4.79 Å². The number of anilines is 1. The molecule has 1 N–H and O–H groups in total. The van der Waals surface area contributed by atoms with E-state index in [1.54, 1.807) is 20.3 Å². The minimum Gasteiger partial charge on any atom is -0.291 e. The molecule has 1 atom stereocenters. The quantitative estimate of drug-likeness (QED) is 0.359. The fraction of sp³-hybridized carbons (Fsp3) is 0.240. The highest BCUT2D eigenvalue weighted by Gasteiger charge is 2.46. The number of fused-ring (bicyclic) bond motifs is 4. The van der Waals surface area contributed by atoms with Crippen LogP contribution in [-0.4, -0.2) is 32.2 Å². The Bertz CT molecular complexity index is 1510. The Morgan fingerprint density at radius 1 is 1.09 bits per heavy atom. The smallest absolute Gasteiger partial charge is 0.291 e. The number of H-pyrrole nitrogens is 1. The minimum atomic E-state index is -0.740. The third-order valence-corrected chi connectivity index (χ3v) is 6.97. The SMILES string of the molecule is CCCSc1n[n+]2c(c(=O)[nH]1)-c1ccccc1N(C(C)=O)[C@H]2c1cn(C(C)=O)c2ccccc12. The second-order valence-electron chi connectivity index (χ2n) is 8.17. The zero-order chi connectivity index (χ0) is 24.0. The standard InChI is InChI=1S/C25H23N5O3S/c1-4-13-34-25-26-23(33)22-18-10-6-8-12-21(18)29(16(3)32)24(30(22)27-25)19-14-28(15(2)31)20-11-7-5-9-17(19)20/h5-12,14,24H,4,13H2,1-3H3/p+1/t24-/m1/s1. The molecule has 3 heterocycles. The number of amides is 1. The van der Waals surface area contributed by atoms with E-state index in [0.717, 1.165) is 23.1 Å². The van der Waals surface area contributed by atoms with E-state index in [9.17, 15) is 14.4 Å². The number of nitrogens with zero attached hydrogens (tertiary/aromatic N) is 4. The van der Waals surface area contributed by atoms with Gasteiger partial charge in [0.25, 0.3) is 6.17 Å². The van der Waals surface area contributed by atoms with E-state index >= 15 is 0 Å². The van der Waals surface area contributed by atoms with E-state index in [2.05, 4.69) is 11.9 Å². The van der Waals surface area contributed by atoms with Gasteiger partial charge in [-0.05, 0) is 29.3 Å². The van der Waals surface area contributed by atoms with E-state index in [1.165, 1.54) is 25.6 Å².